The van der Waals surface area contributed by atoms with Crippen LogP contribution < -0.4 is 5.32 Å². The van der Waals surface area contributed by atoms with E-state index >= 15 is 0 Å². The summed E-state index contributed by atoms with van der Waals surface area (Å²) in [5.74, 6) is 0. The molecule has 0 radical (unpaired) electrons. The normalized spacial score (nSPS) is 24.8. The molecule has 5 heteroatoms. The lowest BCUT2D eigenvalue weighted by atomic mass is 9.85. The number of halogens is 1. The van der Waals surface area contributed by atoms with Crippen molar-refractivity contribution in [3.05, 3.63) is 34.3 Å². The number of ether oxygens (including phenoxy) is 3. The molecule has 0 bridgehead atoms. The highest BCUT2D eigenvalue weighted by atomic mass is 79.9. The Hall–Kier alpha value is -0.460. The van der Waals surface area contributed by atoms with Crippen LogP contribution in [0.3, 0.4) is 0 Å². The summed E-state index contributed by atoms with van der Waals surface area (Å²) in [7, 11) is 1.69. The van der Waals surface area contributed by atoms with Gasteiger partial charge in [0.25, 0.3) is 0 Å². The number of hydrogen-bond donors (Lipinski definition) is 1. The van der Waals surface area contributed by atoms with E-state index in [0.717, 1.165) is 17.4 Å². The number of benzene rings is 1. The van der Waals surface area contributed by atoms with Crippen LogP contribution in [0.1, 0.15) is 18.9 Å². The number of hydrogen-bond acceptors (Lipinski definition) is 4. The molecule has 3 unspecified atom stereocenters. The van der Waals surface area contributed by atoms with Crippen molar-refractivity contribution in [2.24, 2.45) is 0 Å². The van der Waals surface area contributed by atoms with Gasteiger partial charge in [-0.2, -0.15) is 0 Å². The molecule has 1 aromatic carbocycles. The van der Waals surface area contributed by atoms with Crippen LogP contribution in [-0.2, 0) is 20.8 Å². The quantitative estimate of drug-likeness (QED) is 0.689. The number of nitrogens with one attached hydrogen (secondary N) is 1. The average molecular weight is 358 g/mol. The molecule has 21 heavy (non-hydrogen) atoms. The summed E-state index contributed by atoms with van der Waals surface area (Å²) in [6, 6.07) is 8.61. The lowest BCUT2D eigenvalue weighted by molar-refractivity contribution is -0.156. The second-order valence-electron chi connectivity index (χ2n) is 5.20. The topological polar surface area (TPSA) is 39.7 Å². The van der Waals surface area contributed by atoms with E-state index in [0.29, 0.717) is 25.9 Å². The molecule has 0 heterocycles. The van der Waals surface area contributed by atoms with Crippen molar-refractivity contribution in [2.75, 3.05) is 26.9 Å². The molecule has 118 valence electrons. The average Bonchev–Trinajstić information content (AvgIpc) is 2.48. The predicted octanol–water partition coefficient (Wildman–Crippen LogP) is 2.75. The van der Waals surface area contributed by atoms with Gasteiger partial charge in [-0.3, -0.25) is 0 Å². The zero-order valence-electron chi connectivity index (χ0n) is 12.7. The van der Waals surface area contributed by atoms with Gasteiger partial charge < -0.3 is 19.5 Å². The molecule has 0 aliphatic heterocycles. The Morgan fingerprint density at radius 1 is 1.19 bits per heavy atom. The standard InChI is InChI=1S/C16H24BrNO3/c1-3-18-14-10-15(16(14)20-9-8-19-2)21-11-12-4-6-13(17)7-5-12/h4-7,14-16,18H,3,8-11H2,1-2H3. The summed E-state index contributed by atoms with van der Waals surface area (Å²) in [5, 5.41) is 3.44. The first kappa shape index (κ1) is 16.9. The fourth-order valence-corrected chi connectivity index (χ4v) is 2.75. The Bertz CT molecular complexity index is 412. The summed E-state index contributed by atoms with van der Waals surface area (Å²) in [6.07, 6.45) is 1.28. The van der Waals surface area contributed by atoms with Crippen LogP contribution in [0.25, 0.3) is 0 Å². The van der Waals surface area contributed by atoms with Crippen molar-refractivity contribution < 1.29 is 14.2 Å². The Kier molecular flexibility index (Phi) is 7.13. The van der Waals surface area contributed by atoms with E-state index in [-0.39, 0.29) is 12.2 Å². The first-order valence-corrected chi connectivity index (χ1v) is 8.24. The maximum atomic E-state index is 6.00. The summed E-state index contributed by atoms with van der Waals surface area (Å²) in [4.78, 5) is 0. The summed E-state index contributed by atoms with van der Waals surface area (Å²) in [5.41, 5.74) is 1.18. The van der Waals surface area contributed by atoms with Crippen LogP contribution in [0, 0.1) is 0 Å². The molecule has 1 aliphatic rings. The Balaban J connectivity index is 1.79. The van der Waals surface area contributed by atoms with Gasteiger partial charge in [-0.1, -0.05) is 35.0 Å². The third-order valence-electron chi connectivity index (χ3n) is 3.69. The summed E-state index contributed by atoms with van der Waals surface area (Å²) in [6.45, 7) is 4.92. The van der Waals surface area contributed by atoms with E-state index in [2.05, 4.69) is 40.3 Å². The van der Waals surface area contributed by atoms with Crippen molar-refractivity contribution in [2.45, 2.75) is 38.2 Å². The highest BCUT2D eigenvalue weighted by Crippen LogP contribution is 2.28. The van der Waals surface area contributed by atoms with Crippen LogP contribution in [0.5, 0.6) is 0 Å². The number of rotatable bonds is 9. The third-order valence-corrected chi connectivity index (χ3v) is 4.22. The molecule has 3 atom stereocenters. The highest BCUT2D eigenvalue weighted by Gasteiger charge is 2.42. The monoisotopic (exact) mass is 357 g/mol. The molecule has 0 saturated heterocycles. The minimum absolute atomic E-state index is 0.121. The minimum Gasteiger partial charge on any atom is -0.382 e. The number of methoxy groups -OCH3 is 1. The van der Waals surface area contributed by atoms with Gasteiger partial charge in [0.2, 0.25) is 0 Å². The molecule has 0 spiro atoms. The van der Waals surface area contributed by atoms with E-state index in [9.17, 15) is 0 Å². The maximum Gasteiger partial charge on any atom is 0.0991 e. The van der Waals surface area contributed by atoms with Gasteiger partial charge in [0.05, 0.1) is 32.0 Å². The van der Waals surface area contributed by atoms with Gasteiger partial charge >= 0.3 is 0 Å². The molecule has 1 saturated carbocycles. The van der Waals surface area contributed by atoms with Gasteiger partial charge in [0, 0.05) is 17.6 Å². The van der Waals surface area contributed by atoms with E-state index in [1.807, 2.05) is 12.1 Å². The first-order valence-electron chi connectivity index (χ1n) is 7.44. The van der Waals surface area contributed by atoms with E-state index in [1.165, 1.54) is 5.56 Å². The fraction of sp³-hybridized carbons (Fsp3) is 0.625. The van der Waals surface area contributed by atoms with Crippen LogP contribution in [0.2, 0.25) is 0 Å². The smallest absolute Gasteiger partial charge is 0.0991 e. The molecule has 0 amide bonds. The second kappa shape index (κ2) is 8.86. The lowest BCUT2D eigenvalue weighted by Crippen LogP contribution is -2.60. The molecule has 1 N–H and O–H groups in total. The van der Waals surface area contributed by atoms with Crippen LogP contribution in [0.4, 0.5) is 0 Å². The molecule has 1 aromatic rings. The van der Waals surface area contributed by atoms with Gasteiger partial charge in [0.15, 0.2) is 0 Å². The Morgan fingerprint density at radius 3 is 2.62 bits per heavy atom. The zero-order valence-corrected chi connectivity index (χ0v) is 14.3. The van der Waals surface area contributed by atoms with Crippen molar-refractivity contribution in [1.82, 2.24) is 5.32 Å². The van der Waals surface area contributed by atoms with Crippen molar-refractivity contribution in [1.29, 1.82) is 0 Å². The van der Waals surface area contributed by atoms with Crippen molar-refractivity contribution in [3.8, 4) is 0 Å². The van der Waals surface area contributed by atoms with E-state index in [1.54, 1.807) is 7.11 Å². The highest BCUT2D eigenvalue weighted by molar-refractivity contribution is 9.10. The second-order valence-corrected chi connectivity index (χ2v) is 6.12. The zero-order chi connectivity index (χ0) is 15.1. The largest absolute Gasteiger partial charge is 0.382 e. The van der Waals surface area contributed by atoms with Crippen LogP contribution >= 0.6 is 15.9 Å². The molecule has 1 aliphatic carbocycles. The Morgan fingerprint density at radius 2 is 1.95 bits per heavy atom. The maximum absolute atomic E-state index is 6.00. The summed E-state index contributed by atoms with van der Waals surface area (Å²) < 4.78 is 18.0. The summed E-state index contributed by atoms with van der Waals surface area (Å²) >= 11 is 3.44. The molecule has 2 rings (SSSR count). The van der Waals surface area contributed by atoms with Gasteiger partial charge in [-0.05, 0) is 30.7 Å². The van der Waals surface area contributed by atoms with Crippen LogP contribution in [-0.4, -0.2) is 45.1 Å². The Labute approximate surface area is 135 Å². The van der Waals surface area contributed by atoms with E-state index in [4.69, 9.17) is 14.2 Å². The molecular weight excluding hydrogens is 334 g/mol. The minimum atomic E-state index is 0.121. The van der Waals surface area contributed by atoms with E-state index < -0.39 is 0 Å². The van der Waals surface area contributed by atoms with Crippen molar-refractivity contribution >= 4 is 15.9 Å². The SMILES string of the molecule is CCNC1CC(OCc2ccc(Br)cc2)C1OCCOC. The van der Waals surface area contributed by atoms with Gasteiger partial charge in [-0.15, -0.1) is 0 Å². The van der Waals surface area contributed by atoms with Crippen LogP contribution in [0.15, 0.2) is 28.7 Å². The first-order chi connectivity index (χ1) is 10.2. The molecule has 4 nitrogen and oxygen atoms in total. The number of likely N-dealkylation sites (N-methyl/N-ethyl adjacent to an activating group) is 1. The van der Waals surface area contributed by atoms with Gasteiger partial charge in [0.1, 0.15) is 0 Å². The predicted molar refractivity (Wildman–Crippen MR) is 86.4 cm³/mol. The fourth-order valence-electron chi connectivity index (χ4n) is 2.48. The lowest BCUT2D eigenvalue weighted by Gasteiger charge is -2.44. The third kappa shape index (κ3) is 5.04. The molecule has 0 aromatic heterocycles. The molecular formula is C16H24BrNO3. The molecule has 1 fully saturated rings. The van der Waals surface area contributed by atoms with Gasteiger partial charge in [-0.25, -0.2) is 0 Å². The van der Waals surface area contributed by atoms with Crippen molar-refractivity contribution in [3.63, 3.8) is 0 Å².